The molecular formula is C15H23N3O2S. The van der Waals surface area contributed by atoms with Crippen molar-refractivity contribution in [2.45, 2.75) is 32.2 Å². The highest BCUT2D eigenvalue weighted by atomic mass is 32.1. The lowest BCUT2D eigenvalue weighted by Gasteiger charge is -2.31. The number of thiophene rings is 1. The molecule has 5 nitrogen and oxygen atoms in total. The zero-order valence-corrected chi connectivity index (χ0v) is 13.5. The van der Waals surface area contributed by atoms with E-state index in [1.54, 1.807) is 18.4 Å². The monoisotopic (exact) mass is 309 g/mol. The molecule has 1 aliphatic rings. The zero-order valence-electron chi connectivity index (χ0n) is 12.6. The lowest BCUT2D eigenvalue weighted by Crippen LogP contribution is -2.47. The Bertz CT molecular complexity index is 493. The summed E-state index contributed by atoms with van der Waals surface area (Å²) in [5, 5.41) is 5.74. The van der Waals surface area contributed by atoms with Gasteiger partial charge in [0.2, 0.25) is 5.91 Å². The summed E-state index contributed by atoms with van der Waals surface area (Å²) in [6.07, 6.45) is 2.76. The molecule has 0 unspecified atom stereocenters. The Labute approximate surface area is 129 Å². The molecule has 116 valence electrons. The number of hydrogen-bond donors (Lipinski definition) is 2. The third kappa shape index (κ3) is 4.54. The molecule has 1 aliphatic heterocycles. The van der Waals surface area contributed by atoms with E-state index in [1.165, 1.54) is 4.88 Å². The number of nitrogens with zero attached hydrogens (tertiary/aromatic N) is 1. The maximum atomic E-state index is 12.2. The molecule has 6 heteroatoms. The van der Waals surface area contributed by atoms with Gasteiger partial charge < -0.3 is 10.6 Å². The molecule has 2 heterocycles. The van der Waals surface area contributed by atoms with Crippen LogP contribution in [0.25, 0.3) is 0 Å². The Morgan fingerprint density at radius 3 is 2.62 bits per heavy atom. The molecule has 0 aliphatic carbocycles. The Morgan fingerprint density at radius 2 is 2.05 bits per heavy atom. The van der Waals surface area contributed by atoms with Crippen LogP contribution in [-0.2, 0) is 11.2 Å². The van der Waals surface area contributed by atoms with Crippen molar-refractivity contribution in [3.63, 3.8) is 0 Å². The summed E-state index contributed by atoms with van der Waals surface area (Å²) in [5.41, 5.74) is 0. The van der Waals surface area contributed by atoms with Gasteiger partial charge in [-0.25, -0.2) is 0 Å². The minimum atomic E-state index is 0.0319. The molecule has 2 rings (SSSR count). The molecule has 0 radical (unpaired) electrons. The smallest absolute Gasteiger partial charge is 0.261 e. The standard InChI is InChI=1S/C15H23N3O2S/c1-3-12-4-5-13(21-12)15(20)17-11-6-8-18(9-7-11)10-14(19)16-2/h4-5,11H,3,6-10H2,1-2H3,(H,16,19)(H,17,20). The van der Waals surface area contributed by atoms with Gasteiger partial charge in [0.15, 0.2) is 0 Å². The molecule has 2 N–H and O–H groups in total. The van der Waals surface area contributed by atoms with Crippen LogP contribution in [0, 0.1) is 0 Å². The van der Waals surface area contributed by atoms with Gasteiger partial charge in [0.1, 0.15) is 0 Å². The number of carbonyl (C=O) groups excluding carboxylic acids is 2. The van der Waals surface area contributed by atoms with Crippen LogP contribution < -0.4 is 10.6 Å². The number of rotatable bonds is 5. The quantitative estimate of drug-likeness (QED) is 0.860. The van der Waals surface area contributed by atoms with Crippen molar-refractivity contribution in [1.82, 2.24) is 15.5 Å². The third-order valence-corrected chi connectivity index (χ3v) is 5.03. The topological polar surface area (TPSA) is 61.4 Å². The first kappa shape index (κ1) is 16.0. The fourth-order valence-electron chi connectivity index (χ4n) is 2.46. The van der Waals surface area contributed by atoms with Crippen LogP contribution in [0.15, 0.2) is 12.1 Å². The van der Waals surface area contributed by atoms with Gasteiger partial charge in [-0.15, -0.1) is 11.3 Å². The molecule has 1 saturated heterocycles. The summed E-state index contributed by atoms with van der Waals surface area (Å²) < 4.78 is 0. The molecule has 0 spiro atoms. The van der Waals surface area contributed by atoms with Gasteiger partial charge >= 0.3 is 0 Å². The van der Waals surface area contributed by atoms with E-state index in [2.05, 4.69) is 22.5 Å². The number of amides is 2. The van der Waals surface area contributed by atoms with E-state index >= 15 is 0 Å². The number of likely N-dealkylation sites (tertiary alicyclic amines) is 1. The van der Waals surface area contributed by atoms with Crippen LogP contribution in [0.2, 0.25) is 0 Å². The Balaban J connectivity index is 1.77. The summed E-state index contributed by atoms with van der Waals surface area (Å²) in [6.45, 7) is 4.24. The van der Waals surface area contributed by atoms with Gasteiger partial charge in [-0.1, -0.05) is 6.92 Å². The molecular weight excluding hydrogens is 286 g/mol. The minimum Gasteiger partial charge on any atom is -0.358 e. The molecule has 1 aromatic rings. The van der Waals surface area contributed by atoms with Crippen molar-refractivity contribution < 1.29 is 9.59 Å². The number of piperidine rings is 1. The maximum absolute atomic E-state index is 12.2. The molecule has 0 atom stereocenters. The average Bonchev–Trinajstić information content (AvgIpc) is 2.98. The van der Waals surface area contributed by atoms with Crippen molar-refractivity contribution in [3.8, 4) is 0 Å². The van der Waals surface area contributed by atoms with Crippen LogP contribution >= 0.6 is 11.3 Å². The van der Waals surface area contributed by atoms with Gasteiger partial charge in [0.25, 0.3) is 5.91 Å². The first-order valence-electron chi connectivity index (χ1n) is 7.45. The fraction of sp³-hybridized carbons (Fsp3) is 0.600. The Kier molecular flexibility index (Phi) is 5.76. The molecule has 2 amide bonds. The highest BCUT2D eigenvalue weighted by Gasteiger charge is 2.22. The van der Waals surface area contributed by atoms with E-state index in [9.17, 15) is 9.59 Å². The van der Waals surface area contributed by atoms with E-state index in [1.807, 2.05) is 12.1 Å². The average molecular weight is 309 g/mol. The molecule has 21 heavy (non-hydrogen) atoms. The lowest BCUT2D eigenvalue weighted by molar-refractivity contribution is -0.122. The Morgan fingerprint density at radius 1 is 1.33 bits per heavy atom. The molecule has 0 saturated carbocycles. The molecule has 0 aromatic carbocycles. The van der Waals surface area contributed by atoms with Crippen LogP contribution in [0.4, 0.5) is 0 Å². The van der Waals surface area contributed by atoms with Crippen molar-refractivity contribution in [1.29, 1.82) is 0 Å². The van der Waals surface area contributed by atoms with Crippen LogP contribution in [0.1, 0.15) is 34.3 Å². The molecule has 0 bridgehead atoms. The highest BCUT2D eigenvalue weighted by Crippen LogP contribution is 2.18. The van der Waals surface area contributed by atoms with E-state index in [4.69, 9.17) is 0 Å². The fourth-order valence-corrected chi connectivity index (χ4v) is 3.31. The van der Waals surface area contributed by atoms with Gasteiger partial charge in [-0.3, -0.25) is 14.5 Å². The minimum absolute atomic E-state index is 0.0319. The van der Waals surface area contributed by atoms with Crippen molar-refractivity contribution in [2.75, 3.05) is 26.7 Å². The summed E-state index contributed by atoms with van der Waals surface area (Å²) in [7, 11) is 1.65. The van der Waals surface area contributed by atoms with Crippen molar-refractivity contribution >= 4 is 23.2 Å². The van der Waals surface area contributed by atoms with Crippen molar-refractivity contribution in [2.24, 2.45) is 0 Å². The normalized spacial score (nSPS) is 16.7. The predicted octanol–water partition coefficient (Wildman–Crippen LogP) is 1.25. The third-order valence-electron chi connectivity index (χ3n) is 3.80. The van der Waals surface area contributed by atoms with Gasteiger partial charge in [-0.05, 0) is 31.4 Å². The Hall–Kier alpha value is -1.40. The number of likely N-dealkylation sites (N-methyl/N-ethyl adjacent to an activating group) is 1. The maximum Gasteiger partial charge on any atom is 0.261 e. The second kappa shape index (κ2) is 7.56. The molecule has 1 aromatic heterocycles. The number of hydrogen-bond acceptors (Lipinski definition) is 4. The predicted molar refractivity (Wildman–Crippen MR) is 84.7 cm³/mol. The van der Waals surface area contributed by atoms with Crippen LogP contribution in [0.5, 0.6) is 0 Å². The van der Waals surface area contributed by atoms with Gasteiger partial charge in [-0.2, -0.15) is 0 Å². The zero-order chi connectivity index (χ0) is 15.2. The molecule has 1 fully saturated rings. The van der Waals surface area contributed by atoms with Crippen molar-refractivity contribution in [3.05, 3.63) is 21.9 Å². The largest absolute Gasteiger partial charge is 0.358 e. The van der Waals surface area contributed by atoms with E-state index in [-0.39, 0.29) is 17.9 Å². The number of carbonyl (C=O) groups is 2. The van der Waals surface area contributed by atoms with E-state index in [0.29, 0.717) is 6.54 Å². The van der Waals surface area contributed by atoms with Crippen LogP contribution in [0.3, 0.4) is 0 Å². The lowest BCUT2D eigenvalue weighted by atomic mass is 10.0. The summed E-state index contributed by atoms with van der Waals surface area (Å²) in [6, 6.07) is 4.14. The van der Waals surface area contributed by atoms with Gasteiger partial charge in [0, 0.05) is 31.1 Å². The van der Waals surface area contributed by atoms with E-state index < -0.39 is 0 Å². The van der Waals surface area contributed by atoms with E-state index in [0.717, 1.165) is 37.2 Å². The first-order valence-corrected chi connectivity index (χ1v) is 8.26. The van der Waals surface area contributed by atoms with Gasteiger partial charge in [0.05, 0.1) is 11.4 Å². The summed E-state index contributed by atoms with van der Waals surface area (Å²) in [5.74, 6) is 0.0765. The SMILES string of the molecule is CCc1ccc(C(=O)NC2CCN(CC(=O)NC)CC2)s1. The summed E-state index contributed by atoms with van der Waals surface area (Å²) >= 11 is 1.57. The number of nitrogens with one attached hydrogen (secondary N) is 2. The number of aryl methyl sites for hydroxylation is 1. The summed E-state index contributed by atoms with van der Waals surface area (Å²) in [4.78, 5) is 27.7. The first-order chi connectivity index (χ1) is 10.1. The second-order valence-electron chi connectivity index (χ2n) is 5.32. The highest BCUT2D eigenvalue weighted by molar-refractivity contribution is 7.14. The second-order valence-corrected chi connectivity index (χ2v) is 6.48. The van der Waals surface area contributed by atoms with Crippen LogP contribution in [-0.4, -0.2) is 49.4 Å².